The maximum absolute atomic E-state index is 5.99. The molecule has 0 fully saturated rings. The molecule has 0 atom stereocenters. The lowest BCUT2D eigenvalue weighted by molar-refractivity contribution is 0.339. The average molecular weight is 359 g/mol. The van der Waals surface area contributed by atoms with E-state index >= 15 is 0 Å². The van der Waals surface area contributed by atoms with Gasteiger partial charge >= 0.3 is 0 Å². The van der Waals surface area contributed by atoms with Crippen LogP contribution in [0.25, 0.3) is 0 Å². The molecule has 108 valence electrons. The van der Waals surface area contributed by atoms with Gasteiger partial charge in [-0.05, 0) is 59.3 Å². The van der Waals surface area contributed by atoms with Gasteiger partial charge in [0.25, 0.3) is 0 Å². The molecule has 0 bridgehead atoms. The highest BCUT2D eigenvalue weighted by Gasteiger charge is 2.26. The second-order valence-corrected chi connectivity index (χ2v) is 9.92. The molecule has 0 aliphatic carbocycles. The highest BCUT2D eigenvalue weighted by Crippen LogP contribution is 2.15. The lowest BCUT2D eigenvalue weighted by atomic mass is 10.2. The zero-order chi connectivity index (χ0) is 15.3. The van der Waals surface area contributed by atoms with Crippen LogP contribution in [0, 0.1) is 11.8 Å². The Hall–Kier alpha value is -1.34. The van der Waals surface area contributed by atoms with Gasteiger partial charge in [-0.2, -0.15) is 0 Å². The zero-order valence-corrected chi connectivity index (χ0v) is 15.2. The van der Waals surface area contributed by atoms with Crippen molar-refractivity contribution in [1.82, 2.24) is 0 Å². The Balaban J connectivity index is 2.41. The molecule has 21 heavy (non-hydrogen) atoms. The van der Waals surface area contributed by atoms with E-state index in [2.05, 4.69) is 59.1 Å². The third-order valence-corrected chi connectivity index (χ3v) is 6.72. The Labute approximate surface area is 136 Å². The lowest BCUT2D eigenvalue weighted by Gasteiger charge is -2.23. The van der Waals surface area contributed by atoms with E-state index in [1.165, 1.54) is 5.19 Å². The monoisotopic (exact) mass is 358 g/mol. The largest absolute Gasteiger partial charge is 0.413 e. The smallest absolute Gasteiger partial charge is 0.219 e. The summed E-state index contributed by atoms with van der Waals surface area (Å²) >= 11 is 3.53. The number of hydrogen-bond acceptors (Lipinski definition) is 1. The standard InChI is InChI=1S/C18H19BrOSi/c1-4-20-21(2,3)18-12-8-6-10-16(18)14-13-15-9-5-7-11-17(15)19/h5-12H,4H2,1-3H3. The van der Waals surface area contributed by atoms with E-state index in [9.17, 15) is 0 Å². The van der Waals surface area contributed by atoms with Gasteiger partial charge in [0, 0.05) is 22.2 Å². The van der Waals surface area contributed by atoms with Gasteiger partial charge < -0.3 is 4.43 Å². The first-order valence-corrected chi connectivity index (χ1v) is 10.7. The molecule has 0 radical (unpaired) electrons. The minimum absolute atomic E-state index is 0.741. The Morgan fingerprint density at radius 2 is 1.52 bits per heavy atom. The summed E-state index contributed by atoms with van der Waals surface area (Å²) in [4.78, 5) is 0. The van der Waals surface area contributed by atoms with Crippen LogP contribution in [-0.4, -0.2) is 14.9 Å². The van der Waals surface area contributed by atoms with E-state index in [1.807, 2.05) is 37.3 Å². The molecule has 2 aromatic rings. The van der Waals surface area contributed by atoms with Crippen molar-refractivity contribution in [2.45, 2.75) is 20.0 Å². The van der Waals surface area contributed by atoms with Crippen LogP contribution in [-0.2, 0) is 4.43 Å². The molecule has 0 spiro atoms. The van der Waals surface area contributed by atoms with Crippen molar-refractivity contribution in [1.29, 1.82) is 0 Å². The number of halogens is 1. The molecular formula is C18H19BrOSi. The molecule has 0 N–H and O–H groups in total. The average Bonchev–Trinajstić information content (AvgIpc) is 2.47. The molecule has 0 aromatic heterocycles. The summed E-state index contributed by atoms with van der Waals surface area (Å²) in [5, 5.41) is 1.26. The summed E-state index contributed by atoms with van der Waals surface area (Å²) in [5.74, 6) is 6.56. The minimum Gasteiger partial charge on any atom is -0.413 e. The maximum Gasteiger partial charge on any atom is 0.219 e. The number of hydrogen-bond donors (Lipinski definition) is 0. The summed E-state index contributed by atoms with van der Waals surface area (Å²) < 4.78 is 7.02. The van der Waals surface area contributed by atoms with Crippen molar-refractivity contribution in [2.75, 3.05) is 6.61 Å². The first-order chi connectivity index (χ1) is 10.0. The van der Waals surface area contributed by atoms with E-state index < -0.39 is 8.32 Å². The Kier molecular flexibility index (Phi) is 5.41. The van der Waals surface area contributed by atoms with Crippen molar-refractivity contribution in [2.24, 2.45) is 0 Å². The van der Waals surface area contributed by atoms with Crippen LogP contribution >= 0.6 is 15.9 Å². The molecule has 2 aromatic carbocycles. The van der Waals surface area contributed by atoms with Crippen LogP contribution in [0.5, 0.6) is 0 Å². The van der Waals surface area contributed by atoms with Crippen LogP contribution in [0.2, 0.25) is 13.1 Å². The van der Waals surface area contributed by atoms with Gasteiger partial charge in [-0.3, -0.25) is 0 Å². The first kappa shape index (κ1) is 16.0. The fourth-order valence-electron chi connectivity index (χ4n) is 2.25. The molecule has 2 rings (SSSR count). The van der Waals surface area contributed by atoms with E-state index in [1.54, 1.807) is 0 Å². The van der Waals surface area contributed by atoms with Crippen molar-refractivity contribution in [3.63, 3.8) is 0 Å². The fourth-order valence-corrected chi connectivity index (χ4v) is 4.81. The van der Waals surface area contributed by atoms with Crippen LogP contribution < -0.4 is 5.19 Å². The molecule has 0 unspecified atom stereocenters. The van der Waals surface area contributed by atoms with Gasteiger partial charge in [0.1, 0.15) is 0 Å². The van der Waals surface area contributed by atoms with E-state index in [-0.39, 0.29) is 0 Å². The highest BCUT2D eigenvalue weighted by atomic mass is 79.9. The molecule has 0 aliphatic rings. The summed E-state index contributed by atoms with van der Waals surface area (Å²) in [6.45, 7) is 7.22. The lowest BCUT2D eigenvalue weighted by Crippen LogP contribution is -2.46. The highest BCUT2D eigenvalue weighted by molar-refractivity contribution is 9.10. The fraction of sp³-hybridized carbons (Fsp3) is 0.222. The van der Waals surface area contributed by atoms with Gasteiger partial charge in [0.05, 0.1) is 0 Å². The van der Waals surface area contributed by atoms with E-state index in [0.29, 0.717) is 0 Å². The van der Waals surface area contributed by atoms with Crippen LogP contribution in [0.3, 0.4) is 0 Å². The van der Waals surface area contributed by atoms with Crippen LogP contribution in [0.4, 0.5) is 0 Å². The summed E-state index contributed by atoms with van der Waals surface area (Å²) in [5.41, 5.74) is 2.07. The molecule has 0 amide bonds. The molecule has 0 saturated heterocycles. The molecular weight excluding hydrogens is 340 g/mol. The predicted molar refractivity (Wildman–Crippen MR) is 95.3 cm³/mol. The van der Waals surface area contributed by atoms with Crippen molar-refractivity contribution in [3.8, 4) is 11.8 Å². The van der Waals surface area contributed by atoms with E-state index in [4.69, 9.17) is 4.43 Å². The summed E-state index contributed by atoms with van der Waals surface area (Å²) in [6, 6.07) is 16.3. The van der Waals surface area contributed by atoms with Gasteiger partial charge in [-0.1, -0.05) is 42.2 Å². The van der Waals surface area contributed by atoms with E-state index in [0.717, 1.165) is 22.2 Å². The number of rotatable bonds is 3. The molecule has 1 nitrogen and oxygen atoms in total. The van der Waals surface area contributed by atoms with Crippen molar-refractivity contribution >= 4 is 29.4 Å². The zero-order valence-electron chi connectivity index (χ0n) is 12.6. The number of benzene rings is 2. The SMILES string of the molecule is CCO[Si](C)(C)c1ccccc1C#Cc1ccccc1Br. The third kappa shape index (κ3) is 4.07. The Morgan fingerprint density at radius 3 is 2.19 bits per heavy atom. The molecule has 0 aliphatic heterocycles. The van der Waals surface area contributed by atoms with Gasteiger partial charge in [0.15, 0.2) is 0 Å². The van der Waals surface area contributed by atoms with Gasteiger partial charge in [-0.15, -0.1) is 0 Å². The van der Waals surface area contributed by atoms with Gasteiger partial charge in [0.2, 0.25) is 8.32 Å². The second-order valence-electron chi connectivity index (χ2n) is 5.22. The van der Waals surface area contributed by atoms with Crippen molar-refractivity contribution < 1.29 is 4.43 Å². The van der Waals surface area contributed by atoms with Crippen molar-refractivity contribution in [3.05, 3.63) is 64.1 Å². The molecule has 0 heterocycles. The first-order valence-electron chi connectivity index (χ1n) is 7.04. The molecule has 0 saturated carbocycles. The summed E-state index contributed by atoms with van der Waals surface area (Å²) in [6.07, 6.45) is 0. The quantitative estimate of drug-likeness (QED) is 0.587. The normalized spacial score (nSPS) is 10.9. The minimum atomic E-state index is -1.89. The Bertz CT molecular complexity index is 683. The summed E-state index contributed by atoms with van der Waals surface area (Å²) in [7, 11) is -1.89. The van der Waals surface area contributed by atoms with Gasteiger partial charge in [-0.25, -0.2) is 0 Å². The van der Waals surface area contributed by atoms with Crippen LogP contribution in [0.1, 0.15) is 18.1 Å². The second kappa shape index (κ2) is 7.08. The van der Waals surface area contributed by atoms with Crippen LogP contribution in [0.15, 0.2) is 53.0 Å². The topological polar surface area (TPSA) is 9.23 Å². The molecule has 3 heteroatoms. The predicted octanol–water partition coefficient (Wildman–Crippen LogP) is 4.30. The maximum atomic E-state index is 5.99. The third-order valence-electron chi connectivity index (χ3n) is 3.29. The Morgan fingerprint density at radius 1 is 0.952 bits per heavy atom.